The lowest BCUT2D eigenvalue weighted by Crippen LogP contribution is -2.21. The predicted molar refractivity (Wildman–Crippen MR) is 67.3 cm³/mol. The number of amides is 1. The molecule has 0 aliphatic carbocycles. The number of carbonyl (C=O) groups excluding carboxylic acids is 1. The number of aromatic nitrogens is 2. The van der Waals surface area contributed by atoms with Crippen molar-refractivity contribution < 1.29 is 4.79 Å². The molecule has 0 saturated heterocycles. The zero-order valence-electron chi connectivity index (χ0n) is 10.2. The highest BCUT2D eigenvalue weighted by Crippen LogP contribution is 2.10. The summed E-state index contributed by atoms with van der Waals surface area (Å²) in [5.74, 6) is 0. The van der Waals surface area contributed by atoms with Gasteiger partial charge in [0.05, 0.1) is 5.69 Å². The highest BCUT2D eigenvalue weighted by atomic mass is 16.2. The van der Waals surface area contributed by atoms with Crippen molar-refractivity contribution in [2.75, 3.05) is 5.32 Å². The van der Waals surface area contributed by atoms with Crippen molar-refractivity contribution in [3.05, 3.63) is 47.3 Å². The molecule has 0 atom stereocenters. The maximum Gasteiger partial charge on any atom is 0.346 e. The second kappa shape index (κ2) is 4.41. The number of anilines is 1. The summed E-state index contributed by atoms with van der Waals surface area (Å²) in [5, 5.41) is 6.95. The number of hydrogen-bond donors (Lipinski definition) is 1. The zero-order valence-corrected chi connectivity index (χ0v) is 10.2. The van der Waals surface area contributed by atoms with Gasteiger partial charge in [0.25, 0.3) is 0 Å². The van der Waals surface area contributed by atoms with Gasteiger partial charge in [-0.15, -0.1) is 0 Å². The van der Waals surface area contributed by atoms with E-state index < -0.39 is 0 Å². The first-order valence-electron chi connectivity index (χ1n) is 5.47. The van der Waals surface area contributed by atoms with Crippen molar-refractivity contribution >= 4 is 11.7 Å². The number of rotatable bonds is 1. The van der Waals surface area contributed by atoms with Crippen LogP contribution in [-0.2, 0) is 0 Å². The maximum atomic E-state index is 11.9. The Morgan fingerprint density at radius 1 is 1.24 bits per heavy atom. The first-order valence-corrected chi connectivity index (χ1v) is 5.47. The van der Waals surface area contributed by atoms with Crippen LogP contribution in [0.15, 0.2) is 30.3 Å². The van der Waals surface area contributed by atoms with E-state index in [4.69, 9.17) is 0 Å². The van der Waals surface area contributed by atoms with E-state index in [-0.39, 0.29) is 6.03 Å². The van der Waals surface area contributed by atoms with E-state index in [1.54, 1.807) is 0 Å². The number of hydrogen-bond acceptors (Lipinski definition) is 2. The summed E-state index contributed by atoms with van der Waals surface area (Å²) in [5.41, 5.74) is 3.55. The van der Waals surface area contributed by atoms with Gasteiger partial charge in [0.1, 0.15) is 0 Å². The standard InChI is InChI=1S/C13H15N3O/c1-9-5-4-6-12(7-9)14-13(17)16-11(3)8-10(2)15-16/h4-8H,1-3H3,(H,14,17). The van der Waals surface area contributed by atoms with Gasteiger partial charge in [-0.3, -0.25) is 0 Å². The summed E-state index contributed by atoms with van der Waals surface area (Å²) in [7, 11) is 0. The molecule has 2 aromatic rings. The molecule has 0 spiro atoms. The summed E-state index contributed by atoms with van der Waals surface area (Å²) in [4.78, 5) is 11.9. The third-order valence-corrected chi connectivity index (χ3v) is 2.47. The Bertz CT molecular complexity index is 558. The minimum Gasteiger partial charge on any atom is -0.306 e. The average molecular weight is 229 g/mol. The molecule has 88 valence electrons. The normalized spacial score (nSPS) is 10.3. The molecule has 0 bridgehead atoms. The lowest BCUT2D eigenvalue weighted by molar-refractivity contribution is 0.250. The van der Waals surface area contributed by atoms with E-state index in [1.807, 2.05) is 51.1 Å². The lowest BCUT2D eigenvalue weighted by atomic mass is 10.2. The third kappa shape index (κ3) is 2.53. The number of nitrogens with zero attached hydrogens (tertiary/aromatic N) is 2. The van der Waals surface area contributed by atoms with Gasteiger partial charge in [0.15, 0.2) is 0 Å². The zero-order chi connectivity index (χ0) is 12.4. The molecule has 0 radical (unpaired) electrons. The smallest absolute Gasteiger partial charge is 0.306 e. The number of benzene rings is 1. The largest absolute Gasteiger partial charge is 0.346 e. The van der Waals surface area contributed by atoms with Crippen LogP contribution in [0.4, 0.5) is 10.5 Å². The van der Waals surface area contributed by atoms with Crippen molar-refractivity contribution in [2.24, 2.45) is 0 Å². The van der Waals surface area contributed by atoms with Gasteiger partial charge in [-0.1, -0.05) is 12.1 Å². The second-order valence-electron chi connectivity index (χ2n) is 4.14. The van der Waals surface area contributed by atoms with E-state index >= 15 is 0 Å². The molecule has 4 heteroatoms. The SMILES string of the molecule is Cc1cccc(NC(=O)n2nc(C)cc2C)c1. The molecule has 0 saturated carbocycles. The molecule has 4 nitrogen and oxygen atoms in total. The summed E-state index contributed by atoms with van der Waals surface area (Å²) in [6, 6.07) is 9.31. The van der Waals surface area contributed by atoms with Crippen LogP contribution in [0, 0.1) is 20.8 Å². The highest BCUT2D eigenvalue weighted by Gasteiger charge is 2.09. The van der Waals surface area contributed by atoms with E-state index in [0.29, 0.717) is 0 Å². The Morgan fingerprint density at radius 2 is 2.00 bits per heavy atom. The fourth-order valence-corrected chi connectivity index (χ4v) is 1.73. The van der Waals surface area contributed by atoms with Crippen LogP contribution >= 0.6 is 0 Å². The van der Waals surface area contributed by atoms with Gasteiger partial charge in [-0.25, -0.2) is 4.79 Å². The molecule has 1 aromatic carbocycles. The molecule has 0 fully saturated rings. The Hall–Kier alpha value is -2.10. The van der Waals surface area contributed by atoms with E-state index in [2.05, 4.69) is 10.4 Å². The number of nitrogens with one attached hydrogen (secondary N) is 1. The van der Waals surface area contributed by atoms with Crippen molar-refractivity contribution in [2.45, 2.75) is 20.8 Å². The van der Waals surface area contributed by atoms with Gasteiger partial charge in [-0.2, -0.15) is 9.78 Å². The first kappa shape index (κ1) is 11.4. The monoisotopic (exact) mass is 229 g/mol. The van der Waals surface area contributed by atoms with E-state index in [0.717, 1.165) is 22.6 Å². The fraction of sp³-hybridized carbons (Fsp3) is 0.231. The van der Waals surface area contributed by atoms with Crippen LogP contribution in [0.1, 0.15) is 17.0 Å². The van der Waals surface area contributed by atoms with Gasteiger partial charge >= 0.3 is 6.03 Å². The van der Waals surface area contributed by atoms with Crippen LogP contribution in [0.5, 0.6) is 0 Å². The minimum atomic E-state index is -0.235. The number of aryl methyl sites for hydroxylation is 3. The van der Waals surface area contributed by atoms with Crippen molar-refractivity contribution in [3.8, 4) is 0 Å². The van der Waals surface area contributed by atoms with Crippen LogP contribution in [0.2, 0.25) is 0 Å². The molecular formula is C13H15N3O. The topological polar surface area (TPSA) is 46.9 Å². The summed E-state index contributed by atoms with van der Waals surface area (Å²) in [6.07, 6.45) is 0. The summed E-state index contributed by atoms with van der Waals surface area (Å²) in [6.45, 7) is 5.71. The lowest BCUT2D eigenvalue weighted by Gasteiger charge is -2.06. The van der Waals surface area contributed by atoms with Gasteiger partial charge < -0.3 is 5.32 Å². The molecule has 1 heterocycles. The molecule has 1 N–H and O–H groups in total. The van der Waals surface area contributed by atoms with Crippen LogP contribution < -0.4 is 5.32 Å². The number of carbonyl (C=O) groups is 1. The Labute approximate surface area is 100 Å². The molecule has 2 rings (SSSR count). The summed E-state index contributed by atoms with van der Waals surface area (Å²) >= 11 is 0. The second-order valence-corrected chi connectivity index (χ2v) is 4.14. The quantitative estimate of drug-likeness (QED) is 0.817. The molecule has 1 amide bonds. The highest BCUT2D eigenvalue weighted by molar-refractivity contribution is 5.90. The van der Waals surface area contributed by atoms with Gasteiger partial charge in [0.2, 0.25) is 0 Å². The van der Waals surface area contributed by atoms with Crippen molar-refractivity contribution in [1.29, 1.82) is 0 Å². The van der Waals surface area contributed by atoms with Crippen LogP contribution in [0.3, 0.4) is 0 Å². The Morgan fingerprint density at radius 3 is 2.59 bits per heavy atom. The molecule has 1 aromatic heterocycles. The Kier molecular flexibility index (Phi) is 2.95. The molecule has 0 unspecified atom stereocenters. The van der Waals surface area contributed by atoms with Gasteiger partial charge in [-0.05, 0) is 44.5 Å². The minimum absolute atomic E-state index is 0.235. The molecule has 17 heavy (non-hydrogen) atoms. The Balaban J connectivity index is 2.20. The molecule has 0 aliphatic rings. The maximum absolute atomic E-state index is 11.9. The molecule has 0 aliphatic heterocycles. The molecular weight excluding hydrogens is 214 g/mol. The van der Waals surface area contributed by atoms with Crippen LogP contribution in [-0.4, -0.2) is 15.8 Å². The van der Waals surface area contributed by atoms with Crippen molar-refractivity contribution in [3.63, 3.8) is 0 Å². The van der Waals surface area contributed by atoms with Gasteiger partial charge in [0, 0.05) is 11.4 Å². The third-order valence-electron chi connectivity index (χ3n) is 2.47. The summed E-state index contributed by atoms with van der Waals surface area (Å²) < 4.78 is 1.37. The van der Waals surface area contributed by atoms with Crippen LogP contribution in [0.25, 0.3) is 0 Å². The van der Waals surface area contributed by atoms with Crippen molar-refractivity contribution in [1.82, 2.24) is 9.78 Å². The van der Waals surface area contributed by atoms with E-state index in [9.17, 15) is 4.79 Å². The average Bonchev–Trinajstić information content (AvgIpc) is 2.58. The first-order chi connectivity index (χ1) is 8.06. The fourth-order valence-electron chi connectivity index (χ4n) is 1.73. The van der Waals surface area contributed by atoms with E-state index in [1.165, 1.54) is 4.68 Å². The predicted octanol–water partition coefficient (Wildman–Crippen LogP) is 2.89.